The third kappa shape index (κ3) is 3.17. The Kier molecular flexibility index (Phi) is 4.86. The molecule has 1 aliphatic carbocycles. The van der Waals surface area contributed by atoms with E-state index in [2.05, 4.69) is 20.8 Å². The summed E-state index contributed by atoms with van der Waals surface area (Å²) in [5.41, 5.74) is 0.558. The van der Waals surface area contributed by atoms with Gasteiger partial charge in [0, 0.05) is 5.39 Å². The number of rotatable bonds is 4. The lowest BCUT2D eigenvalue weighted by molar-refractivity contribution is -0.153. The lowest BCUT2D eigenvalue weighted by atomic mass is 9.75. The first-order chi connectivity index (χ1) is 13.3. The Morgan fingerprint density at radius 2 is 1.89 bits per heavy atom. The van der Waals surface area contributed by atoms with Crippen LogP contribution in [-0.4, -0.2) is 27.0 Å². The molecular formula is C22H27NO4S. The van der Waals surface area contributed by atoms with Crippen LogP contribution in [0.25, 0.3) is 10.8 Å². The standard InChI is InChI=1S/C22H27NO4S/c1-14(2)17-11-10-15(3)12-19(17)27-21(24)13-23-18-8-4-6-16-7-5-9-20(22(16)18)28(23,25)26/h4-9,14-15,17,19H,10-13H2,1-3H3. The van der Waals surface area contributed by atoms with Crippen molar-refractivity contribution in [1.82, 2.24) is 0 Å². The van der Waals surface area contributed by atoms with Crippen LogP contribution >= 0.6 is 0 Å². The van der Waals surface area contributed by atoms with Gasteiger partial charge in [0.15, 0.2) is 0 Å². The van der Waals surface area contributed by atoms with E-state index in [0.717, 1.165) is 24.6 Å². The maximum absolute atomic E-state index is 13.0. The monoisotopic (exact) mass is 401 g/mol. The Morgan fingerprint density at radius 1 is 1.18 bits per heavy atom. The molecule has 0 N–H and O–H groups in total. The highest BCUT2D eigenvalue weighted by atomic mass is 32.2. The van der Waals surface area contributed by atoms with Gasteiger partial charge in [-0.1, -0.05) is 51.5 Å². The van der Waals surface area contributed by atoms with Crippen molar-refractivity contribution in [2.45, 2.75) is 51.0 Å². The van der Waals surface area contributed by atoms with Crippen molar-refractivity contribution in [3.63, 3.8) is 0 Å². The van der Waals surface area contributed by atoms with Gasteiger partial charge in [-0.25, -0.2) is 8.42 Å². The Hall–Kier alpha value is -2.08. The number of benzene rings is 2. The molecule has 4 rings (SSSR count). The average Bonchev–Trinajstić information content (AvgIpc) is 2.85. The number of carbonyl (C=O) groups excluding carboxylic acids is 1. The lowest BCUT2D eigenvalue weighted by Crippen LogP contribution is -2.40. The van der Waals surface area contributed by atoms with Crippen molar-refractivity contribution in [2.24, 2.45) is 17.8 Å². The molecule has 1 aliphatic heterocycles. The zero-order valence-electron chi connectivity index (χ0n) is 16.6. The van der Waals surface area contributed by atoms with E-state index < -0.39 is 16.0 Å². The molecule has 5 nitrogen and oxygen atoms in total. The average molecular weight is 402 g/mol. The number of hydrogen-bond acceptors (Lipinski definition) is 4. The zero-order valence-corrected chi connectivity index (χ0v) is 17.4. The van der Waals surface area contributed by atoms with Gasteiger partial charge >= 0.3 is 5.97 Å². The molecule has 3 unspecified atom stereocenters. The largest absolute Gasteiger partial charge is 0.461 e. The summed E-state index contributed by atoms with van der Waals surface area (Å²) in [6, 6.07) is 10.7. The fraction of sp³-hybridized carbons (Fsp3) is 0.500. The van der Waals surface area contributed by atoms with Gasteiger partial charge in [0.05, 0.1) is 10.6 Å². The van der Waals surface area contributed by atoms with Crippen molar-refractivity contribution in [3.8, 4) is 0 Å². The predicted octanol–water partition coefficient (Wildman–Crippen LogP) is 4.35. The summed E-state index contributed by atoms with van der Waals surface area (Å²) in [5, 5.41) is 1.54. The van der Waals surface area contributed by atoms with Crippen LogP contribution in [-0.2, 0) is 19.6 Å². The van der Waals surface area contributed by atoms with Gasteiger partial charge < -0.3 is 4.74 Å². The van der Waals surface area contributed by atoms with Crippen LogP contribution in [0.3, 0.4) is 0 Å². The van der Waals surface area contributed by atoms with Gasteiger partial charge in [0.2, 0.25) is 0 Å². The number of anilines is 1. The number of carbonyl (C=O) groups is 1. The molecule has 28 heavy (non-hydrogen) atoms. The van der Waals surface area contributed by atoms with E-state index in [1.54, 1.807) is 18.2 Å². The van der Waals surface area contributed by atoms with Crippen LogP contribution in [0, 0.1) is 17.8 Å². The molecule has 150 valence electrons. The summed E-state index contributed by atoms with van der Waals surface area (Å²) >= 11 is 0. The molecule has 1 saturated carbocycles. The molecule has 1 heterocycles. The second kappa shape index (κ2) is 7.07. The van der Waals surface area contributed by atoms with E-state index in [-0.39, 0.29) is 17.5 Å². The Morgan fingerprint density at radius 3 is 2.61 bits per heavy atom. The highest BCUT2D eigenvalue weighted by Crippen LogP contribution is 2.42. The topological polar surface area (TPSA) is 63.7 Å². The lowest BCUT2D eigenvalue weighted by Gasteiger charge is -2.37. The fourth-order valence-electron chi connectivity index (χ4n) is 4.70. The molecule has 3 atom stereocenters. The van der Waals surface area contributed by atoms with Crippen LogP contribution in [0.1, 0.15) is 40.0 Å². The molecule has 0 spiro atoms. The number of hydrogen-bond donors (Lipinski definition) is 0. The van der Waals surface area contributed by atoms with Crippen molar-refractivity contribution in [3.05, 3.63) is 36.4 Å². The molecule has 6 heteroatoms. The Balaban J connectivity index is 1.58. The summed E-state index contributed by atoms with van der Waals surface area (Å²) in [6.45, 7) is 6.21. The quantitative estimate of drug-likeness (QED) is 0.715. The number of sulfonamides is 1. The van der Waals surface area contributed by atoms with E-state index in [1.165, 1.54) is 4.31 Å². The summed E-state index contributed by atoms with van der Waals surface area (Å²) < 4.78 is 33.1. The third-order valence-corrected chi connectivity index (χ3v) is 8.00. The van der Waals surface area contributed by atoms with Crippen molar-refractivity contribution in [1.29, 1.82) is 0 Å². The van der Waals surface area contributed by atoms with Crippen LogP contribution in [0.4, 0.5) is 5.69 Å². The van der Waals surface area contributed by atoms with E-state index in [0.29, 0.717) is 28.8 Å². The number of ether oxygens (including phenoxy) is 1. The zero-order chi connectivity index (χ0) is 20.1. The summed E-state index contributed by atoms with van der Waals surface area (Å²) in [4.78, 5) is 13.0. The van der Waals surface area contributed by atoms with Crippen molar-refractivity contribution in [2.75, 3.05) is 10.8 Å². The minimum atomic E-state index is -3.74. The molecule has 2 aromatic carbocycles. The SMILES string of the molecule is CC1CCC(C(C)C)C(OC(=O)CN2c3cccc4cccc(c34)S2(=O)=O)C1. The minimum absolute atomic E-state index is 0.139. The number of nitrogens with zero attached hydrogens (tertiary/aromatic N) is 1. The first kappa shape index (κ1) is 19.2. The molecule has 0 bridgehead atoms. The predicted molar refractivity (Wildman–Crippen MR) is 110 cm³/mol. The van der Waals surface area contributed by atoms with Crippen LogP contribution in [0.15, 0.2) is 41.3 Å². The second-order valence-electron chi connectivity index (χ2n) is 8.50. The Labute approximate surface area is 166 Å². The van der Waals surface area contributed by atoms with Crippen LogP contribution in [0.2, 0.25) is 0 Å². The van der Waals surface area contributed by atoms with Gasteiger partial charge in [-0.15, -0.1) is 0 Å². The van der Waals surface area contributed by atoms with Gasteiger partial charge in [0.1, 0.15) is 12.6 Å². The third-order valence-electron chi connectivity index (χ3n) is 6.20. The van der Waals surface area contributed by atoms with Crippen molar-refractivity contribution >= 4 is 32.5 Å². The van der Waals surface area contributed by atoms with E-state index in [1.807, 2.05) is 18.2 Å². The highest BCUT2D eigenvalue weighted by molar-refractivity contribution is 7.93. The maximum atomic E-state index is 13.0. The Bertz CT molecular complexity index is 1010. The van der Waals surface area contributed by atoms with Gasteiger partial charge in [-0.05, 0) is 48.1 Å². The van der Waals surface area contributed by atoms with Crippen LogP contribution in [0.5, 0.6) is 0 Å². The summed E-state index contributed by atoms with van der Waals surface area (Å²) in [7, 11) is -3.74. The fourth-order valence-corrected chi connectivity index (χ4v) is 6.36. The summed E-state index contributed by atoms with van der Waals surface area (Å²) in [5.74, 6) is 0.800. The maximum Gasteiger partial charge on any atom is 0.327 e. The molecule has 0 saturated heterocycles. The normalized spacial score (nSPS) is 26.0. The second-order valence-corrected chi connectivity index (χ2v) is 10.3. The van der Waals surface area contributed by atoms with Gasteiger partial charge in [-0.2, -0.15) is 0 Å². The molecule has 0 radical (unpaired) electrons. The highest BCUT2D eigenvalue weighted by Gasteiger charge is 2.39. The van der Waals surface area contributed by atoms with Gasteiger partial charge in [-0.3, -0.25) is 9.10 Å². The van der Waals surface area contributed by atoms with Crippen LogP contribution < -0.4 is 4.31 Å². The first-order valence-corrected chi connectivity index (χ1v) is 11.5. The minimum Gasteiger partial charge on any atom is -0.461 e. The van der Waals surface area contributed by atoms with E-state index in [9.17, 15) is 13.2 Å². The smallest absolute Gasteiger partial charge is 0.327 e. The molecule has 2 aromatic rings. The molecule has 2 aliphatic rings. The van der Waals surface area contributed by atoms with E-state index in [4.69, 9.17) is 4.74 Å². The molecular weight excluding hydrogens is 374 g/mol. The van der Waals surface area contributed by atoms with Gasteiger partial charge in [0.25, 0.3) is 10.0 Å². The molecule has 1 fully saturated rings. The first-order valence-electron chi connectivity index (χ1n) is 10.0. The molecule has 0 amide bonds. The molecule has 0 aromatic heterocycles. The summed E-state index contributed by atoms with van der Waals surface area (Å²) in [6.07, 6.45) is 2.90. The van der Waals surface area contributed by atoms with E-state index >= 15 is 0 Å². The number of esters is 1. The van der Waals surface area contributed by atoms with Crippen molar-refractivity contribution < 1.29 is 17.9 Å².